The Morgan fingerprint density at radius 2 is 2.00 bits per heavy atom. The van der Waals surface area contributed by atoms with Crippen molar-refractivity contribution < 1.29 is 22.3 Å². The number of allylic oxidation sites excluding steroid dienone is 2. The third-order valence-electron chi connectivity index (χ3n) is 4.82. The number of nitrogens with zero attached hydrogens (tertiary/aromatic N) is 1. The summed E-state index contributed by atoms with van der Waals surface area (Å²) in [5.74, 6) is -1.34. The Morgan fingerprint density at radius 1 is 1.27 bits per heavy atom. The van der Waals surface area contributed by atoms with Crippen LogP contribution in [0, 0.1) is 17.6 Å². The largest absolute Gasteiger partial charge is 0.349 e. The van der Waals surface area contributed by atoms with E-state index in [0.717, 1.165) is 12.1 Å². The summed E-state index contributed by atoms with van der Waals surface area (Å²) in [6.07, 6.45) is 3.18. The van der Waals surface area contributed by atoms with Crippen LogP contribution in [0.1, 0.15) is 32.8 Å². The molecule has 1 aliphatic rings. The molecule has 0 bridgehead atoms. The number of hydrogen-bond acceptors (Lipinski definition) is 4. The molecule has 2 heterocycles. The number of nitrogens with one attached hydrogen (secondary N) is 1. The number of hydrogen-bond donors (Lipinski definition) is 2. The Bertz CT molecular complexity index is 988. The van der Waals surface area contributed by atoms with E-state index in [1.54, 1.807) is 6.92 Å². The van der Waals surface area contributed by atoms with Gasteiger partial charge in [0.2, 0.25) is 5.72 Å². The lowest BCUT2D eigenvalue weighted by atomic mass is 9.92. The minimum Gasteiger partial charge on any atom is -0.349 e. The van der Waals surface area contributed by atoms with E-state index in [1.165, 1.54) is 30.5 Å². The predicted molar refractivity (Wildman–Crippen MR) is 109 cm³/mol. The van der Waals surface area contributed by atoms with E-state index in [1.807, 2.05) is 13.8 Å². The van der Waals surface area contributed by atoms with Crippen LogP contribution in [0.3, 0.4) is 0 Å². The van der Waals surface area contributed by atoms with Crippen LogP contribution >= 0.6 is 0 Å². The first-order valence-corrected chi connectivity index (χ1v) is 9.66. The highest BCUT2D eigenvalue weighted by Gasteiger charge is 2.42. The van der Waals surface area contributed by atoms with Gasteiger partial charge in [0.05, 0.1) is 12.1 Å². The number of halogens is 4. The van der Waals surface area contributed by atoms with E-state index in [2.05, 4.69) is 10.3 Å². The van der Waals surface area contributed by atoms with Crippen LogP contribution in [0.4, 0.5) is 17.6 Å². The van der Waals surface area contributed by atoms with Crippen molar-refractivity contribution in [1.82, 2.24) is 10.3 Å². The van der Waals surface area contributed by atoms with Crippen molar-refractivity contribution in [1.29, 1.82) is 0 Å². The Hall–Kier alpha value is -2.45. The van der Waals surface area contributed by atoms with E-state index in [9.17, 15) is 17.6 Å². The maximum atomic E-state index is 14.5. The van der Waals surface area contributed by atoms with E-state index in [4.69, 9.17) is 10.5 Å². The first-order valence-electron chi connectivity index (χ1n) is 9.66. The fourth-order valence-electron chi connectivity index (χ4n) is 3.72. The lowest BCUT2D eigenvalue weighted by Gasteiger charge is -2.38. The number of pyridine rings is 1. The molecule has 2 unspecified atom stereocenters. The molecule has 3 rings (SSSR count). The predicted octanol–water partition coefficient (Wildman–Crippen LogP) is 4.75. The zero-order valence-corrected chi connectivity index (χ0v) is 17.1. The van der Waals surface area contributed by atoms with Gasteiger partial charge >= 0.3 is 0 Å². The van der Waals surface area contributed by atoms with Crippen LogP contribution in [0.5, 0.6) is 0 Å². The monoisotopic (exact) mass is 423 g/mol. The van der Waals surface area contributed by atoms with Crippen LogP contribution in [-0.2, 0) is 4.74 Å². The van der Waals surface area contributed by atoms with Gasteiger partial charge in [0.1, 0.15) is 11.6 Å². The van der Waals surface area contributed by atoms with Crippen molar-refractivity contribution in [2.24, 2.45) is 11.7 Å². The maximum absolute atomic E-state index is 14.5. The zero-order valence-electron chi connectivity index (χ0n) is 17.1. The second-order valence-corrected chi connectivity index (χ2v) is 8.34. The fourth-order valence-corrected chi connectivity index (χ4v) is 3.72. The van der Waals surface area contributed by atoms with Gasteiger partial charge in [0.15, 0.2) is 0 Å². The molecule has 0 aliphatic carbocycles. The Morgan fingerprint density at radius 3 is 2.67 bits per heavy atom. The number of benzene rings is 1. The molecule has 1 aromatic carbocycles. The van der Waals surface area contributed by atoms with Crippen molar-refractivity contribution in [2.45, 2.75) is 44.9 Å². The van der Waals surface area contributed by atoms with Crippen LogP contribution < -0.4 is 11.1 Å². The summed E-state index contributed by atoms with van der Waals surface area (Å²) in [7, 11) is 0. The summed E-state index contributed by atoms with van der Waals surface area (Å²) in [5.41, 5.74) is 3.84. The molecule has 0 radical (unpaired) electrons. The fraction of sp³-hybridized carbons (Fsp3) is 0.409. The minimum absolute atomic E-state index is 0.0274. The maximum Gasteiger partial charge on any atom is 0.289 e. The summed E-state index contributed by atoms with van der Waals surface area (Å²) in [4.78, 5) is 3.98. The second kappa shape index (κ2) is 8.35. The molecule has 1 aromatic heterocycles. The Balaban J connectivity index is 1.94. The number of nitrogens with two attached hydrogens (primary N) is 1. The average Bonchev–Trinajstić information content (AvgIpc) is 2.65. The number of ether oxygens (including phenoxy) is 1. The number of dihydropyridines is 1. The van der Waals surface area contributed by atoms with Gasteiger partial charge < -0.3 is 15.8 Å². The number of fused-ring (bicyclic) bond motifs is 1. The van der Waals surface area contributed by atoms with Gasteiger partial charge in [-0.2, -0.15) is 0 Å². The van der Waals surface area contributed by atoms with Crippen molar-refractivity contribution in [3.05, 3.63) is 59.8 Å². The summed E-state index contributed by atoms with van der Waals surface area (Å²) < 4.78 is 61.9. The van der Waals surface area contributed by atoms with Crippen molar-refractivity contribution in [2.75, 3.05) is 6.61 Å². The molecular formula is C22H25F4N3O. The molecule has 3 N–H and O–H groups in total. The van der Waals surface area contributed by atoms with Gasteiger partial charge in [-0.25, -0.2) is 17.6 Å². The minimum atomic E-state index is -2.93. The van der Waals surface area contributed by atoms with Crippen LogP contribution in [0.15, 0.2) is 42.6 Å². The summed E-state index contributed by atoms with van der Waals surface area (Å²) in [6.45, 7) is 5.60. The molecule has 8 heteroatoms. The summed E-state index contributed by atoms with van der Waals surface area (Å²) >= 11 is 0. The van der Waals surface area contributed by atoms with Gasteiger partial charge in [-0.1, -0.05) is 19.9 Å². The molecule has 0 amide bonds. The molecule has 1 aliphatic heterocycles. The molecule has 30 heavy (non-hydrogen) atoms. The molecule has 162 valence electrons. The lowest BCUT2D eigenvalue weighted by molar-refractivity contribution is -0.132. The van der Waals surface area contributed by atoms with Crippen LogP contribution in [0.2, 0.25) is 0 Å². The molecular weight excluding hydrogens is 398 g/mol. The van der Waals surface area contributed by atoms with E-state index >= 15 is 0 Å². The van der Waals surface area contributed by atoms with Crippen molar-refractivity contribution >= 4 is 16.6 Å². The SMILES string of the molecule is CC(C)CC(C)(N)COC1(C(F)F)C=CC=C(c2ccnc3cc(F)cc(F)c23)N1. The number of aromatic nitrogens is 1. The molecule has 0 saturated carbocycles. The number of rotatable bonds is 7. The quantitative estimate of drug-likeness (QED) is 0.631. The molecule has 0 spiro atoms. The zero-order chi connectivity index (χ0) is 22.1. The highest BCUT2D eigenvalue weighted by molar-refractivity contribution is 5.92. The highest BCUT2D eigenvalue weighted by atomic mass is 19.3. The molecule has 4 nitrogen and oxygen atoms in total. The molecule has 2 atom stereocenters. The van der Waals surface area contributed by atoms with Gasteiger partial charge in [-0.3, -0.25) is 4.98 Å². The summed E-state index contributed by atoms with van der Waals surface area (Å²) in [6, 6.07) is 3.29. The summed E-state index contributed by atoms with van der Waals surface area (Å²) in [5, 5.41) is 2.73. The molecule has 0 fully saturated rings. The second-order valence-electron chi connectivity index (χ2n) is 8.34. The Kier molecular flexibility index (Phi) is 6.19. The van der Waals surface area contributed by atoms with Crippen molar-refractivity contribution in [3.8, 4) is 0 Å². The third-order valence-corrected chi connectivity index (χ3v) is 4.82. The molecule has 2 aromatic rings. The number of alkyl halides is 2. The van der Waals surface area contributed by atoms with Gasteiger partial charge in [0.25, 0.3) is 6.43 Å². The van der Waals surface area contributed by atoms with Gasteiger partial charge in [0, 0.05) is 40.5 Å². The highest BCUT2D eigenvalue weighted by Crippen LogP contribution is 2.32. The normalized spacial score (nSPS) is 21.1. The first kappa shape index (κ1) is 22.2. The average molecular weight is 423 g/mol. The standard InChI is InChI=1S/C22H25F4N3O/c1-13(2)11-21(3,27)12-30-22(20(25)26)7-4-5-17(29-22)15-6-8-28-18-10-14(23)9-16(24)19(15)18/h4-10,13,20,29H,11-12,27H2,1-3H3. The smallest absolute Gasteiger partial charge is 0.289 e. The lowest BCUT2D eigenvalue weighted by Crippen LogP contribution is -2.55. The van der Waals surface area contributed by atoms with Crippen LogP contribution in [-0.4, -0.2) is 29.3 Å². The first-order chi connectivity index (χ1) is 14.0. The molecule has 0 saturated heterocycles. The topological polar surface area (TPSA) is 60.2 Å². The van der Waals surface area contributed by atoms with Crippen LogP contribution in [0.25, 0.3) is 16.6 Å². The Labute approximate surface area is 172 Å². The van der Waals surface area contributed by atoms with E-state index in [0.29, 0.717) is 6.42 Å². The van der Waals surface area contributed by atoms with E-state index in [-0.39, 0.29) is 34.7 Å². The van der Waals surface area contributed by atoms with Gasteiger partial charge in [-0.15, -0.1) is 0 Å². The van der Waals surface area contributed by atoms with Gasteiger partial charge in [-0.05, 0) is 37.5 Å². The third kappa shape index (κ3) is 4.65. The van der Waals surface area contributed by atoms with Crippen molar-refractivity contribution in [3.63, 3.8) is 0 Å². The van der Waals surface area contributed by atoms with E-state index < -0.39 is 29.3 Å².